The van der Waals surface area contributed by atoms with Gasteiger partial charge in [-0.2, -0.15) is 0 Å². The Labute approximate surface area is 138 Å². The van der Waals surface area contributed by atoms with E-state index >= 15 is 0 Å². The minimum atomic E-state index is -0.740. The van der Waals surface area contributed by atoms with Crippen LogP contribution in [-0.4, -0.2) is 24.4 Å². The molecule has 0 spiro atoms. The van der Waals surface area contributed by atoms with E-state index < -0.39 is 22.7 Å². The summed E-state index contributed by atoms with van der Waals surface area (Å²) in [6, 6.07) is 1.11. The molecule has 0 radical (unpaired) electrons. The first-order valence-electron chi connectivity index (χ1n) is 6.85. The van der Waals surface area contributed by atoms with E-state index in [-0.39, 0.29) is 11.4 Å². The Hall–Kier alpha value is -3.01. The highest BCUT2D eigenvalue weighted by Crippen LogP contribution is 2.11. The molecule has 124 valence electrons. The minimum Gasteiger partial charge on any atom is -0.307 e. The van der Waals surface area contributed by atoms with Gasteiger partial charge < -0.3 is 5.32 Å². The van der Waals surface area contributed by atoms with Gasteiger partial charge >= 0.3 is 5.69 Å². The SMILES string of the molecule is Cc1csc2ncc(C(=O)Nc3cc(=O)n(C)c(=O)n3C)c(=O)n12. The van der Waals surface area contributed by atoms with E-state index in [1.807, 2.05) is 0 Å². The Morgan fingerprint density at radius 1 is 1.21 bits per heavy atom. The Morgan fingerprint density at radius 2 is 1.92 bits per heavy atom. The van der Waals surface area contributed by atoms with Crippen molar-refractivity contribution in [3.05, 3.63) is 60.1 Å². The molecule has 0 aromatic carbocycles. The number of hydrogen-bond acceptors (Lipinski definition) is 6. The predicted molar refractivity (Wildman–Crippen MR) is 89.0 cm³/mol. The smallest absolute Gasteiger partial charge is 0.307 e. The van der Waals surface area contributed by atoms with E-state index in [9.17, 15) is 19.2 Å². The first-order chi connectivity index (χ1) is 11.3. The first-order valence-corrected chi connectivity index (χ1v) is 7.73. The van der Waals surface area contributed by atoms with Gasteiger partial charge in [-0.25, -0.2) is 9.78 Å². The molecular formula is C14H13N5O4S. The lowest BCUT2D eigenvalue weighted by Crippen LogP contribution is -2.38. The average Bonchev–Trinajstić information content (AvgIpc) is 2.93. The zero-order valence-corrected chi connectivity index (χ0v) is 13.9. The number of aryl methyl sites for hydroxylation is 1. The molecule has 0 aliphatic rings. The normalized spacial score (nSPS) is 11.0. The Bertz CT molecular complexity index is 1150. The molecular weight excluding hydrogens is 334 g/mol. The van der Waals surface area contributed by atoms with Gasteiger partial charge in [-0.3, -0.25) is 27.9 Å². The van der Waals surface area contributed by atoms with Gasteiger partial charge in [0.25, 0.3) is 17.0 Å². The number of nitrogens with one attached hydrogen (secondary N) is 1. The van der Waals surface area contributed by atoms with Crippen molar-refractivity contribution in [2.24, 2.45) is 14.1 Å². The summed E-state index contributed by atoms with van der Waals surface area (Å²) in [7, 11) is 2.74. The predicted octanol–water partition coefficient (Wildman–Crippen LogP) is -0.286. The second-order valence-corrected chi connectivity index (χ2v) is 6.03. The van der Waals surface area contributed by atoms with Crippen LogP contribution in [0, 0.1) is 6.92 Å². The first kappa shape index (κ1) is 15.9. The van der Waals surface area contributed by atoms with E-state index in [4.69, 9.17) is 0 Å². The second-order valence-electron chi connectivity index (χ2n) is 5.19. The molecule has 9 nitrogen and oxygen atoms in total. The second kappa shape index (κ2) is 5.57. The van der Waals surface area contributed by atoms with E-state index in [1.54, 1.807) is 12.3 Å². The maximum atomic E-state index is 12.4. The number of anilines is 1. The highest BCUT2D eigenvalue weighted by atomic mass is 32.1. The number of carbonyl (C=O) groups excluding carboxylic acids is 1. The van der Waals surface area contributed by atoms with Crippen molar-refractivity contribution in [1.29, 1.82) is 0 Å². The molecule has 1 amide bonds. The third-order valence-corrected chi connectivity index (χ3v) is 4.59. The molecule has 0 unspecified atom stereocenters. The van der Waals surface area contributed by atoms with E-state index in [0.29, 0.717) is 10.7 Å². The third-order valence-electron chi connectivity index (χ3n) is 3.63. The molecule has 0 atom stereocenters. The van der Waals surface area contributed by atoms with Gasteiger partial charge in [0.05, 0.1) is 0 Å². The van der Waals surface area contributed by atoms with E-state index in [2.05, 4.69) is 10.3 Å². The molecule has 0 aliphatic heterocycles. The Balaban J connectivity index is 2.07. The molecule has 0 bridgehead atoms. The largest absolute Gasteiger partial charge is 0.332 e. The number of aromatic nitrogens is 4. The summed E-state index contributed by atoms with van der Waals surface area (Å²) in [5.41, 5.74) is -1.17. The van der Waals surface area contributed by atoms with Crippen molar-refractivity contribution in [2.75, 3.05) is 5.32 Å². The zero-order valence-electron chi connectivity index (χ0n) is 13.1. The van der Waals surface area contributed by atoms with Gasteiger partial charge in [0.1, 0.15) is 11.4 Å². The maximum absolute atomic E-state index is 12.4. The molecule has 0 saturated carbocycles. The monoisotopic (exact) mass is 347 g/mol. The number of hydrogen-bond donors (Lipinski definition) is 1. The quantitative estimate of drug-likeness (QED) is 0.686. The lowest BCUT2D eigenvalue weighted by Gasteiger charge is -2.10. The molecule has 24 heavy (non-hydrogen) atoms. The van der Waals surface area contributed by atoms with Gasteiger partial charge in [0.15, 0.2) is 4.96 Å². The van der Waals surface area contributed by atoms with Gasteiger partial charge in [0, 0.05) is 37.4 Å². The minimum absolute atomic E-state index is 0.000336. The fourth-order valence-corrected chi connectivity index (χ4v) is 3.04. The standard InChI is InChI=1S/C14H13N5O4S/c1-7-6-24-13-15-5-8(12(22)19(7)13)11(21)16-9-4-10(20)18(3)14(23)17(9)2/h4-6H,1-3H3,(H,16,21). The van der Waals surface area contributed by atoms with Gasteiger partial charge in [-0.15, -0.1) is 11.3 Å². The maximum Gasteiger partial charge on any atom is 0.332 e. The van der Waals surface area contributed by atoms with Crippen LogP contribution in [0.2, 0.25) is 0 Å². The number of nitrogens with zero attached hydrogens (tertiary/aromatic N) is 4. The van der Waals surface area contributed by atoms with Crippen LogP contribution in [0.25, 0.3) is 4.96 Å². The number of amides is 1. The van der Waals surface area contributed by atoms with Crippen molar-refractivity contribution in [2.45, 2.75) is 6.92 Å². The van der Waals surface area contributed by atoms with Crippen LogP contribution in [0.4, 0.5) is 5.82 Å². The number of thiazole rings is 1. The third kappa shape index (κ3) is 2.36. The van der Waals surface area contributed by atoms with Crippen LogP contribution in [-0.2, 0) is 14.1 Å². The highest BCUT2D eigenvalue weighted by molar-refractivity contribution is 7.15. The summed E-state index contributed by atoms with van der Waals surface area (Å²) in [5, 5.41) is 4.17. The number of fused-ring (bicyclic) bond motifs is 1. The summed E-state index contributed by atoms with van der Waals surface area (Å²) in [4.78, 5) is 53.0. The van der Waals surface area contributed by atoms with Crippen molar-refractivity contribution in [3.8, 4) is 0 Å². The molecule has 1 N–H and O–H groups in total. The lowest BCUT2D eigenvalue weighted by molar-refractivity contribution is 0.102. The molecule has 0 saturated heterocycles. The van der Waals surface area contributed by atoms with Gasteiger partial charge in [0.2, 0.25) is 0 Å². The number of rotatable bonds is 2. The molecule has 0 fully saturated rings. The number of carbonyl (C=O) groups is 1. The fraction of sp³-hybridized carbons (Fsp3) is 0.214. The molecule has 3 rings (SSSR count). The summed E-state index contributed by atoms with van der Waals surface area (Å²) in [6.07, 6.45) is 1.18. The van der Waals surface area contributed by atoms with Crippen molar-refractivity contribution in [3.63, 3.8) is 0 Å². The van der Waals surface area contributed by atoms with Crippen molar-refractivity contribution < 1.29 is 4.79 Å². The lowest BCUT2D eigenvalue weighted by atomic mass is 10.3. The summed E-state index contributed by atoms with van der Waals surface area (Å²) in [6.45, 7) is 1.73. The summed E-state index contributed by atoms with van der Waals surface area (Å²) < 4.78 is 3.36. The summed E-state index contributed by atoms with van der Waals surface area (Å²) in [5.74, 6) is -0.740. The molecule has 10 heteroatoms. The fourth-order valence-electron chi connectivity index (χ4n) is 2.22. The Morgan fingerprint density at radius 3 is 2.62 bits per heavy atom. The molecule has 3 heterocycles. The van der Waals surface area contributed by atoms with Crippen LogP contribution in [0.15, 0.2) is 32.0 Å². The van der Waals surface area contributed by atoms with E-state index in [1.165, 1.54) is 36.0 Å². The topological polar surface area (TPSA) is 107 Å². The van der Waals surface area contributed by atoms with E-state index in [0.717, 1.165) is 15.2 Å². The van der Waals surface area contributed by atoms with Crippen LogP contribution in [0.3, 0.4) is 0 Å². The van der Waals surface area contributed by atoms with Gasteiger partial charge in [-0.1, -0.05) is 0 Å². The zero-order chi connectivity index (χ0) is 17.6. The van der Waals surface area contributed by atoms with Gasteiger partial charge in [-0.05, 0) is 6.92 Å². The Kier molecular flexibility index (Phi) is 3.68. The summed E-state index contributed by atoms with van der Waals surface area (Å²) >= 11 is 1.29. The van der Waals surface area contributed by atoms with Crippen LogP contribution in [0.1, 0.15) is 16.1 Å². The molecule has 3 aromatic rings. The van der Waals surface area contributed by atoms with Crippen LogP contribution >= 0.6 is 11.3 Å². The molecule has 0 aliphatic carbocycles. The van der Waals surface area contributed by atoms with Crippen molar-refractivity contribution >= 4 is 28.0 Å². The van der Waals surface area contributed by atoms with Crippen LogP contribution in [0.5, 0.6) is 0 Å². The van der Waals surface area contributed by atoms with Crippen LogP contribution < -0.4 is 22.1 Å². The average molecular weight is 347 g/mol. The molecule has 3 aromatic heterocycles. The highest BCUT2D eigenvalue weighted by Gasteiger charge is 2.17. The van der Waals surface area contributed by atoms with Crippen molar-refractivity contribution in [1.82, 2.24) is 18.5 Å².